The Morgan fingerprint density at radius 2 is 1.94 bits per heavy atom. The van der Waals surface area contributed by atoms with Crippen LogP contribution in [-0.2, 0) is 0 Å². The molecule has 0 saturated carbocycles. The van der Waals surface area contributed by atoms with Crippen LogP contribution in [0.5, 0.6) is 5.75 Å². The molecule has 1 rings (SSSR count). The highest BCUT2D eigenvalue weighted by atomic mass is 16.5. The molecule has 0 bridgehead atoms. The van der Waals surface area contributed by atoms with Gasteiger partial charge in [0, 0.05) is 11.5 Å². The van der Waals surface area contributed by atoms with E-state index in [1.54, 1.807) is 7.11 Å². The van der Waals surface area contributed by atoms with Crippen molar-refractivity contribution in [1.29, 1.82) is 0 Å². The first kappa shape index (κ1) is 12.6. The van der Waals surface area contributed by atoms with Crippen LogP contribution in [0, 0.1) is 24.7 Å². The lowest BCUT2D eigenvalue weighted by atomic mass is 9.86. The number of hydrogen-bond acceptors (Lipinski definition) is 1. The Balaban J connectivity index is 3.14. The van der Waals surface area contributed by atoms with Gasteiger partial charge in [0.25, 0.3) is 0 Å². The fourth-order valence-corrected chi connectivity index (χ4v) is 2.02. The molecule has 86 valence electrons. The van der Waals surface area contributed by atoms with Crippen LogP contribution in [0.1, 0.15) is 37.8 Å². The second-order valence-electron chi connectivity index (χ2n) is 4.16. The molecule has 0 heterocycles. The van der Waals surface area contributed by atoms with Crippen LogP contribution in [-0.4, -0.2) is 7.11 Å². The van der Waals surface area contributed by atoms with E-state index in [0.717, 1.165) is 5.75 Å². The molecule has 0 amide bonds. The van der Waals surface area contributed by atoms with Gasteiger partial charge in [-0.1, -0.05) is 31.9 Å². The molecule has 2 atom stereocenters. The van der Waals surface area contributed by atoms with E-state index in [1.165, 1.54) is 11.1 Å². The van der Waals surface area contributed by atoms with E-state index in [0.29, 0.717) is 11.8 Å². The first-order chi connectivity index (χ1) is 7.61. The fraction of sp³-hybridized carbons (Fsp3) is 0.467. The van der Waals surface area contributed by atoms with Gasteiger partial charge in [0.05, 0.1) is 7.11 Å². The molecule has 16 heavy (non-hydrogen) atoms. The summed E-state index contributed by atoms with van der Waals surface area (Å²) >= 11 is 0. The summed E-state index contributed by atoms with van der Waals surface area (Å²) in [6, 6.07) is 6.17. The van der Waals surface area contributed by atoms with Gasteiger partial charge in [0.15, 0.2) is 0 Å². The van der Waals surface area contributed by atoms with Gasteiger partial charge in [-0.3, -0.25) is 0 Å². The lowest BCUT2D eigenvalue weighted by Crippen LogP contribution is -2.07. The number of aryl methyl sites for hydroxylation is 1. The standard InChI is InChI=1S/C15H20O/c1-6-8-11(2)13(4)15-12(3)9-7-10-14(15)16-5/h7,9-11,13H,1-5H3. The highest BCUT2D eigenvalue weighted by Gasteiger charge is 2.18. The monoisotopic (exact) mass is 216 g/mol. The maximum atomic E-state index is 5.43. The largest absolute Gasteiger partial charge is 0.496 e. The zero-order valence-corrected chi connectivity index (χ0v) is 10.8. The molecular weight excluding hydrogens is 196 g/mol. The van der Waals surface area contributed by atoms with Crippen molar-refractivity contribution < 1.29 is 4.74 Å². The third-order valence-corrected chi connectivity index (χ3v) is 3.08. The van der Waals surface area contributed by atoms with Gasteiger partial charge < -0.3 is 4.74 Å². The predicted molar refractivity (Wildman–Crippen MR) is 68.8 cm³/mol. The molecule has 0 spiro atoms. The van der Waals surface area contributed by atoms with Crippen molar-refractivity contribution in [3.8, 4) is 17.6 Å². The smallest absolute Gasteiger partial charge is 0.122 e. The maximum Gasteiger partial charge on any atom is 0.122 e. The Hall–Kier alpha value is -1.42. The van der Waals surface area contributed by atoms with Gasteiger partial charge in [0.2, 0.25) is 0 Å². The van der Waals surface area contributed by atoms with Crippen LogP contribution in [0.15, 0.2) is 18.2 Å². The van der Waals surface area contributed by atoms with Gasteiger partial charge in [-0.05, 0) is 31.4 Å². The zero-order valence-electron chi connectivity index (χ0n) is 10.8. The van der Waals surface area contributed by atoms with E-state index in [2.05, 4.69) is 38.7 Å². The lowest BCUT2D eigenvalue weighted by molar-refractivity contribution is 0.402. The first-order valence-electron chi connectivity index (χ1n) is 5.67. The summed E-state index contributed by atoms with van der Waals surface area (Å²) in [6.45, 7) is 8.38. The van der Waals surface area contributed by atoms with Crippen molar-refractivity contribution in [1.82, 2.24) is 0 Å². The highest BCUT2D eigenvalue weighted by molar-refractivity contribution is 5.43. The van der Waals surface area contributed by atoms with Crippen LogP contribution >= 0.6 is 0 Å². The zero-order chi connectivity index (χ0) is 12.1. The second kappa shape index (κ2) is 5.61. The summed E-state index contributed by atoms with van der Waals surface area (Å²) < 4.78 is 5.43. The first-order valence-corrected chi connectivity index (χ1v) is 5.67. The van der Waals surface area contributed by atoms with Crippen molar-refractivity contribution in [2.24, 2.45) is 5.92 Å². The number of benzene rings is 1. The van der Waals surface area contributed by atoms with Gasteiger partial charge in [-0.2, -0.15) is 0 Å². The van der Waals surface area contributed by atoms with Crippen molar-refractivity contribution in [2.45, 2.75) is 33.6 Å². The molecule has 1 aromatic rings. The molecule has 0 aromatic heterocycles. The molecule has 0 aliphatic rings. The summed E-state index contributed by atoms with van der Waals surface area (Å²) in [7, 11) is 1.72. The third kappa shape index (κ3) is 2.58. The SMILES string of the molecule is CC#CC(C)C(C)c1c(C)cccc1OC. The van der Waals surface area contributed by atoms with Crippen molar-refractivity contribution >= 4 is 0 Å². The Morgan fingerprint density at radius 1 is 1.25 bits per heavy atom. The van der Waals surface area contributed by atoms with Gasteiger partial charge in [-0.15, -0.1) is 5.92 Å². The summed E-state index contributed by atoms with van der Waals surface area (Å²) in [6.07, 6.45) is 0. The van der Waals surface area contributed by atoms with Crippen molar-refractivity contribution in [3.05, 3.63) is 29.3 Å². The highest BCUT2D eigenvalue weighted by Crippen LogP contribution is 2.33. The molecule has 1 nitrogen and oxygen atoms in total. The van der Waals surface area contributed by atoms with Crippen LogP contribution in [0.2, 0.25) is 0 Å². The van der Waals surface area contributed by atoms with E-state index >= 15 is 0 Å². The average Bonchev–Trinajstić information content (AvgIpc) is 2.28. The second-order valence-corrected chi connectivity index (χ2v) is 4.16. The topological polar surface area (TPSA) is 9.23 Å². The van der Waals surface area contributed by atoms with E-state index < -0.39 is 0 Å². The third-order valence-electron chi connectivity index (χ3n) is 3.08. The molecule has 0 aliphatic heterocycles. The van der Waals surface area contributed by atoms with E-state index in [-0.39, 0.29) is 0 Å². The van der Waals surface area contributed by atoms with Crippen molar-refractivity contribution in [2.75, 3.05) is 7.11 Å². The number of ether oxygens (including phenoxy) is 1. The Labute approximate surface area is 98.8 Å². The van der Waals surface area contributed by atoms with Crippen molar-refractivity contribution in [3.63, 3.8) is 0 Å². The molecule has 0 saturated heterocycles. The number of rotatable bonds is 3. The summed E-state index contributed by atoms with van der Waals surface area (Å²) in [5.41, 5.74) is 2.55. The lowest BCUT2D eigenvalue weighted by Gasteiger charge is -2.20. The van der Waals surface area contributed by atoms with E-state index in [4.69, 9.17) is 4.74 Å². The summed E-state index contributed by atoms with van der Waals surface area (Å²) in [5, 5.41) is 0. The normalized spacial score (nSPS) is 13.6. The Bertz CT molecular complexity index is 409. The van der Waals surface area contributed by atoms with Crippen LogP contribution < -0.4 is 4.74 Å². The molecule has 1 aromatic carbocycles. The predicted octanol–water partition coefficient (Wildman–Crippen LogP) is 3.77. The molecule has 0 N–H and O–H groups in total. The fourth-order valence-electron chi connectivity index (χ4n) is 2.02. The van der Waals surface area contributed by atoms with E-state index in [1.807, 2.05) is 19.1 Å². The molecular formula is C15H20O. The average molecular weight is 216 g/mol. The van der Waals surface area contributed by atoms with Crippen LogP contribution in [0.3, 0.4) is 0 Å². The maximum absolute atomic E-state index is 5.43. The number of hydrogen-bond donors (Lipinski definition) is 0. The Morgan fingerprint density at radius 3 is 2.50 bits per heavy atom. The Kier molecular flexibility index (Phi) is 4.43. The van der Waals surface area contributed by atoms with E-state index in [9.17, 15) is 0 Å². The minimum atomic E-state index is 0.347. The van der Waals surface area contributed by atoms with Gasteiger partial charge in [-0.25, -0.2) is 0 Å². The summed E-state index contributed by atoms with van der Waals surface area (Å²) in [5.74, 6) is 7.91. The van der Waals surface area contributed by atoms with Gasteiger partial charge in [0.1, 0.15) is 5.75 Å². The molecule has 0 aliphatic carbocycles. The minimum Gasteiger partial charge on any atom is -0.496 e. The minimum absolute atomic E-state index is 0.347. The molecule has 1 heteroatoms. The van der Waals surface area contributed by atoms with Crippen LogP contribution in [0.25, 0.3) is 0 Å². The molecule has 0 fully saturated rings. The van der Waals surface area contributed by atoms with Crippen LogP contribution in [0.4, 0.5) is 0 Å². The number of methoxy groups -OCH3 is 1. The quantitative estimate of drug-likeness (QED) is 0.699. The molecule has 2 unspecified atom stereocenters. The van der Waals surface area contributed by atoms with Gasteiger partial charge >= 0.3 is 0 Å². The summed E-state index contributed by atoms with van der Waals surface area (Å²) in [4.78, 5) is 0. The molecule has 0 radical (unpaired) electrons.